The van der Waals surface area contributed by atoms with E-state index in [9.17, 15) is 13.5 Å². The number of hydrogen-bond donors (Lipinski definition) is 1. The highest BCUT2D eigenvalue weighted by Gasteiger charge is 2.43. The van der Waals surface area contributed by atoms with Crippen molar-refractivity contribution in [2.45, 2.75) is 37.5 Å². The summed E-state index contributed by atoms with van der Waals surface area (Å²) in [6.07, 6.45) is -0.836. The summed E-state index contributed by atoms with van der Waals surface area (Å²) in [5, 5.41) is 9.23. The second kappa shape index (κ2) is 3.94. The Morgan fingerprint density at radius 3 is 2.00 bits per heavy atom. The van der Waals surface area contributed by atoms with E-state index < -0.39 is 20.1 Å². The van der Waals surface area contributed by atoms with Crippen molar-refractivity contribution in [2.75, 3.05) is 5.75 Å². The number of hydrogen-bond acceptors (Lipinski definition) is 3. The molecule has 0 bridgehead atoms. The Labute approximate surface area is 78.7 Å². The fraction of sp³-hybridized carbons (Fsp3) is 1.00. The van der Waals surface area contributed by atoms with E-state index in [4.69, 9.17) is 11.6 Å². The van der Waals surface area contributed by atoms with Crippen molar-refractivity contribution in [3.63, 3.8) is 0 Å². The second-order valence-electron chi connectivity index (χ2n) is 2.72. The highest BCUT2D eigenvalue weighted by molar-refractivity contribution is 7.94. The molecule has 5 heteroatoms. The molecule has 0 aromatic rings. The van der Waals surface area contributed by atoms with Gasteiger partial charge < -0.3 is 5.11 Å². The topological polar surface area (TPSA) is 54.4 Å². The van der Waals surface area contributed by atoms with Gasteiger partial charge in [0.2, 0.25) is 0 Å². The van der Waals surface area contributed by atoms with Crippen molar-refractivity contribution < 1.29 is 13.5 Å². The average Bonchev–Trinajstić information content (AvgIpc) is 2.02. The van der Waals surface area contributed by atoms with Crippen molar-refractivity contribution in [1.29, 1.82) is 0 Å². The molecule has 0 rings (SSSR count). The summed E-state index contributed by atoms with van der Waals surface area (Å²) in [6, 6.07) is 0. The zero-order valence-electron chi connectivity index (χ0n) is 7.54. The first-order chi connectivity index (χ1) is 5.31. The molecule has 0 spiro atoms. The van der Waals surface area contributed by atoms with E-state index in [-0.39, 0.29) is 12.2 Å². The largest absolute Gasteiger partial charge is 0.390 e. The van der Waals surface area contributed by atoms with Gasteiger partial charge in [-0.25, -0.2) is 8.42 Å². The minimum Gasteiger partial charge on any atom is -0.390 e. The maximum absolute atomic E-state index is 11.4. The van der Waals surface area contributed by atoms with Crippen molar-refractivity contribution in [2.24, 2.45) is 0 Å². The van der Waals surface area contributed by atoms with Crippen LogP contribution in [0, 0.1) is 0 Å². The molecular weight excluding hydrogens is 200 g/mol. The molecule has 0 saturated heterocycles. The SMILES string of the molecule is CC[C@](Cl)([C@@H](C)O)S(=O)(=O)CC. The molecule has 74 valence electrons. The van der Waals surface area contributed by atoms with Gasteiger partial charge in [-0.2, -0.15) is 0 Å². The van der Waals surface area contributed by atoms with Gasteiger partial charge in [-0.1, -0.05) is 25.4 Å². The quantitative estimate of drug-likeness (QED) is 0.715. The van der Waals surface area contributed by atoms with Crippen LogP contribution in [-0.2, 0) is 9.84 Å². The summed E-state index contributed by atoms with van der Waals surface area (Å²) in [5.74, 6) is -0.0464. The van der Waals surface area contributed by atoms with Crippen LogP contribution in [-0.4, -0.2) is 29.6 Å². The van der Waals surface area contributed by atoms with Gasteiger partial charge in [-0.3, -0.25) is 0 Å². The molecule has 1 N–H and O–H groups in total. The minimum atomic E-state index is -3.39. The first-order valence-electron chi connectivity index (χ1n) is 3.91. The van der Waals surface area contributed by atoms with Crippen LogP contribution in [0.1, 0.15) is 27.2 Å². The highest BCUT2D eigenvalue weighted by Crippen LogP contribution is 2.31. The molecule has 0 aliphatic rings. The molecule has 0 aliphatic carbocycles. The fourth-order valence-corrected chi connectivity index (χ4v) is 2.78. The highest BCUT2D eigenvalue weighted by atomic mass is 35.5. The smallest absolute Gasteiger partial charge is 0.172 e. The van der Waals surface area contributed by atoms with Crippen molar-refractivity contribution in [3.05, 3.63) is 0 Å². The maximum atomic E-state index is 11.4. The summed E-state index contributed by atoms with van der Waals surface area (Å²) in [5.41, 5.74) is 0. The van der Waals surface area contributed by atoms with Crippen LogP contribution in [0.15, 0.2) is 0 Å². The Kier molecular flexibility index (Phi) is 4.00. The van der Waals surface area contributed by atoms with Gasteiger partial charge in [0, 0.05) is 5.75 Å². The van der Waals surface area contributed by atoms with E-state index in [1.807, 2.05) is 0 Å². The number of sulfone groups is 1. The number of halogens is 1. The van der Waals surface area contributed by atoms with E-state index in [1.54, 1.807) is 6.92 Å². The van der Waals surface area contributed by atoms with Gasteiger partial charge in [-0.05, 0) is 13.3 Å². The Bertz CT molecular complexity index is 235. The third-order valence-electron chi connectivity index (χ3n) is 2.00. The first kappa shape index (κ1) is 12.2. The lowest BCUT2D eigenvalue weighted by Crippen LogP contribution is -2.43. The van der Waals surface area contributed by atoms with Gasteiger partial charge in [0.05, 0.1) is 6.10 Å². The zero-order valence-corrected chi connectivity index (χ0v) is 9.11. The fourth-order valence-electron chi connectivity index (χ4n) is 1.02. The lowest BCUT2D eigenvalue weighted by Gasteiger charge is -2.27. The van der Waals surface area contributed by atoms with Gasteiger partial charge >= 0.3 is 0 Å². The summed E-state index contributed by atoms with van der Waals surface area (Å²) in [6.45, 7) is 4.56. The minimum absolute atomic E-state index is 0.0464. The van der Waals surface area contributed by atoms with E-state index in [0.29, 0.717) is 0 Å². The number of alkyl halides is 1. The van der Waals surface area contributed by atoms with Crippen LogP contribution in [0.2, 0.25) is 0 Å². The molecule has 0 aromatic carbocycles. The third-order valence-corrected chi connectivity index (χ3v) is 5.72. The van der Waals surface area contributed by atoms with Crippen LogP contribution in [0.25, 0.3) is 0 Å². The molecule has 0 aromatic heterocycles. The number of aliphatic hydroxyl groups is 1. The molecule has 0 amide bonds. The summed E-state index contributed by atoms with van der Waals surface area (Å²) in [4.78, 5) is 0. The number of rotatable bonds is 4. The van der Waals surface area contributed by atoms with Gasteiger partial charge in [0.1, 0.15) is 0 Å². The van der Waals surface area contributed by atoms with E-state index in [0.717, 1.165) is 0 Å². The predicted octanol–water partition coefficient (Wildman–Crippen LogP) is 1.15. The first-order valence-corrected chi connectivity index (χ1v) is 5.94. The lowest BCUT2D eigenvalue weighted by molar-refractivity contribution is 0.171. The van der Waals surface area contributed by atoms with Crippen LogP contribution < -0.4 is 0 Å². The second-order valence-corrected chi connectivity index (χ2v) is 6.15. The van der Waals surface area contributed by atoms with E-state index >= 15 is 0 Å². The van der Waals surface area contributed by atoms with Gasteiger partial charge in [-0.15, -0.1) is 0 Å². The monoisotopic (exact) mass is 214 g/mol. The molecule has 0 aliphatic heterocycles. The number of aliphatic hydroxyl groups excluding tert-OH is 1. The lowest BCUT2D eigenvalue weighted by atomic mass is 10.2. The molecule has 0 radical (unpaired) electrons. The molecule has 2 atom stereocenters. The summed E-state index contributed by atoms with van der Waals surface area (Å²) < 4.78 is 21.3. The Morgan fingerprint density at radius 2 is 1.92 bits per heavy atom. The molecule has 12 heavy (non-hydrogen) atoms. The third kappa shape index (κ3) is 1.92. The van der Waals surface area contributed by atoms with Gasteiger partial charge in [0.15, 0.2) is 14.0 Å². The predicted molar refractivity (Wildman–Crippen MR) is 50.0 cm³/mol. The van der Waals surface area contributed by atoms with Crippen molar-refractivity contribution in [3.8, 4) is 0 Å². The van der Waals surface area contributed by atoms with Gasteiger partial charge in [0.25, 0.3) is 0 Å². The van der Waals surface area contributed by atoms with Crippen LogP contribution in [0.5, 0.6) is 0 Å². The van der Waals surface area contributed by atoms with E-state index in [1.165, 1.54) is 13.8 Å². The molecule has 0 unspecified atom stereocenters. The molecule has 3 nitrogen and oxygen atoms in total. The van der Waals surface area contributed by atoms with Crippen LogP contribution in [0.3, 0.4) is 0 Å². The normalized spacial score (nSPS) is 20.1. The van der Waals surface area contributed by atoms with Crippen molar-refractivity contribution >= 4 is 21.4 Å². The molecule has 0 saturated carbocycles. The Hall–Kier alpha value is 0.200. The average molecular weight is 215 g/mol. The molecular formula is C7H15ClO3S. The maximum Gasteiger partial charge on any atom is 0.172 e. The molecule has 0 fully saturated rings. The summed E-state index contributed by atoms with van der Waals surface area (Å²) >= 11 is 5.81. The van der Waals surface area contributed by atoms with Crippen molar-refractivity contribution in [1.82, 2.24) is 0 Å². The Morgan fingerprint density at radius 1 is 1.50 bits per heavy atom. The van der Waals surface area contributed by atoms with Crippen LogP contribution in [0.4, 0.5) is 0 Å². The zero-order chi connectivity index (χ0) is 9.99. The molecule has 0 heterocycles. The van der Waals surface area contributed by atoms with Crippen LogP contribution >= 0.6 is 11.6 Å². The Balaban J connectivity index is 5.02. The summed E-state index contributed by atoms with van der Waals surface area (Å²) in [7, 11) is -3.39. The standard InChI is InChI=1S/C7H15ClO3S/c1-4-7(8,6(3)9)12(10,11)5-2/h6,9H,4-5H2,1-3H3/t6-,7-/m1/s1. The van der Waals surface area contributed by atoms with E-state index in [2.05, 4.69) is 0 Å².